The molecule has 2 rings (SSSR count). The van der Waals surface area contributed by atoms with Crippen molar-refractivity contribution in [2.75, 3.05) is 6.54 Å². The van der Waals surface area contributed by atoms with Crippen LogP contribution in [0.5, 0.6) is 0 Å². The fourth-order valence-electron chi connectivity index (χ4n) is 1.99. The lowest BCUT2D eigenvalue weighted by molar-refractivity contribution is -0.123. The Hall–Kier alpha value is -2.30. The molecule has 0 aliphatic heterocycles. The van der Waals surface area contributed by atoms with Gasteiger partial charge in [0.1, 0.15) is 5.82 Å². The second kappa shape index (κ2) is 6.92. The summed E-state index contributed by atoms with van der Waals surface area (Å²) in [6.45, 7) is 6.21. The van der Waals surface area contributed by atoms with Gasteiger partial charge in [0.15, 0.2) is 0 Å². The third-order valence-corrected chi connectivity index (χ3v) is 3.16. The third kappa shape index (κ3) is 4.08. The molecule has 0 fully saturated rings. The number of hydrogen-bond acceptors (Lipinski definition) is 4. The average molecular weight is 284 g/mol. The molecule has 0 unspecified atom stereocenters. The number of amides is 1. The van der Waals surface area contributed by atoms with E-state index < -0.39 is 0 Å². The zero-order chi connectivity index (χ0) is 15.2. The molecule has 5 nitrogen and oxygen atoms in total. The highest BCUT2D eigenvalue weighted by atomic mass is 16.1. The van der Waals surface area contributed by atoms with Crippen LogP contribution in [0, 0.1) is 12.8 Å². The highest BCUT2D eigenvalue weighted by Gasteiger charge is 2.10. The maximum atomic E-state index is 11.6. The van der Waals surface area contributed by atoms with E-state index >= 15 is 0 Å². The van der Waals surface area contributed by atoms with Crippen LogP contribution in [0.25, 0.3) is 11.1 Å². The summed E-state index contributed by atoms with van der Waals surface area (Å²) >= 11 is 0. The molecule has 5 heteroatoms. The van der Waals surface area contributed by atoms with Crippen molar-refractivity contribution in [2.45, 2.75) is 27.2 Å². The van der Waals surface area contributed by atoms with Gasteiger partial charge in [-0.15, -0.1) is 0 Å². The maximum absolute atomic E-state index is 11.6. The fraction of sp³-hybridized carbons (Fsp3) is 0.375. The van der Waals surface area contributed by atoms with Gasteiger partial charge >= 0.3 is 0 Å². The van der Waals surface area contributed by atoms with Crippen molar-refractivity contribution < 1.29 is 4.79 Å². The highest BCUT2D eigenvalue weighted by Crippen LogP contribution is 2.21. The minimum absolute atomic E-state index is 0.00296. The molecule has 2 aromatic rings. The Morgan fingerprint density at radius 1 is 1.29 bits per heavy atom. The van der Waals surface area contributed by atoms with Crippen molar-refractivity contribution in [2.24, 2.45) is 5.92 Å². The minimum Gasteiger partial charge on any atom is -0.355 e. The summed E-state index contributed by atoms with van der Waals surface area (Å²) in [5.41, 5.74) is 2.97. The van der Waals surface area contributed by atoms with E-state index in [1.165, 1.54) is 0 Å². The Balaban J connectivity index is 2.15. The van der Waals surface area contributed by atoms with Crippen LogP contribution >= 0.6 is 0 Å². The fourth-order valence-corrected chi connectivity index (χ4v) is 1.99. The van der Waals surface area contributed by atoms with Gasteiger partial charge in [-0.05, 0) is 24.6 Å². The minimum atomic E-state index is -0.00296. The highest BCUT2D eigenvalue weighted by molar-refractivity contribution is 5.77. The molecule has 0 saturated heterocycles. The summed E-state index contributed by atoms with van der Waals surface area (Å²) in [7, 11) is 0. The number of carbonyl (C=O) groups excluding carboxylic acids is 1. The van der Waals surface area contributed by atoms with Crippen LogP contribution in [0.2, 0.25) is 0 Å². The lowest BCUT2D eigenvalue weighted by Crippen LogP contribution is -2.29. The van der Waals surface area contributed by atoms with Gasteiger partial charge in [0.05, 0.1) is 5.69 Å². The van der Waals surface area contributed by atoms with Gasteiger partial charge in [-0.1, -0.05) is 13.8 Å². The van der Waals surface area contributed by atoms with Gasteiger partial charge in [0.25, 0.3) is 0 Å². The first-order valence-corrected chi connectivity index (χ1v) is 7.08. The molecule has 0 aliphatic rings. The van der Waals surface area contributed by atoms with E-state index in [4.69, 9.17) is 0 Å². The van der Waals surface area contributed by atoms with Crippen molar-refractivity contribution in [3.8, 4) is 11.1 Å². The van der Waals surface area contributed by atoms with Gasteiger partial charge in [-0.2, -0.15) is 0 Å². The Bertz CT molecular complexity index is 611. The Morgan fingerprint density at radius 2 is 2.00 bits per heavy atom. The van der Waals surface area contributed by atoms with Gasteiger partial charge in [-0.25, -0.2) is 9.97 Å². The molecule has 0 radical (unpaired) electrons. The van der Waals surface area contributed by atoms with E-state index in [0.717, 1.165) is 22.6 Å². The van der Waals surface area contributed by atoms with E-state index in [1.807, 2.05) is 39.1 Å². The van der Waals surface area contributed by atoms with E-state index in [9.17, 15) is 4.79 Å². The first-order chi connectivity index (χ1) is 10.1. The molecule has 0 bridgehead atoms. The molecule has 0 atom stereocenters. The summed E-state index contributed by atoms with van der Waals surface area (Å²) in [6.07, 6.45) is 6.01. The molecule has 1 amide bonds. The molecule has 0 aromatic carbocycles. The van der Waals surface area contributed by atoms with Crippen LogP contribution in [0.15, 0.2) is 30.7 Å². The van der Waals surface area contributed by atoms with Crippen molar-refractivity contribution >= 4 is 5.91 Å². The normalized spacial score (nSPS) is 10.7. The molecule has 0 spiro atoms. The second-order valence-electron chi connectivity index (χ2n) is 5.21. The summed E-state index contributed by atoms with van der Waals surface area (Å²) in [5, 5.41) is 2.92. The summed E-state index contributed by atoms with van der Waals surface area (Å²) < 4.78 is 0. The smallest absolute Gasteiger partial charge is 0.222 e. The number of nitrogens with one attached hydrogen (secondary N) is 1. The molecule has 2 heterocycles. The molecule has 21 heavy (non-hydrogen) atoms. The van der Waals surface area contributed by atoms with E-state index in [2.05, 4.69) is 20.3 Å². The maximum Gasteiger partial charge on any atom is 0.222 e. The van der Waals surface area contributed by atoms with Gasteiger partial charge in [-0.3, -0.25) is 9.78 Å². The van der Waals surface area contributed by atoms with Crippen molar-refractivity contribution in [3.63, 3.8) is 0 Å². The number of hydrogen-bond donors (Lipinski definition) is 1. The second-order valence-corrected chi connectivity index (χ2v) is 5.21. The zero-order valence-corrected chi connectivity index (χ0v) is 12.6. The van der Waals surface area contributed by atoms with Crippen LogP contribution in [-0.4, -0.2) is 27.4 Å². The lowest BCUT2D eigenvalue weighted by Gasteiger charge is -2.11. The van der Waals surface area contributed by atoms with Crippen LogP contribution in [0.1, 0.15) is 25.4 Å². The topological polar surface area (TPSA) is 67.8 Å². The summed E-state index contributed by atoms with van der Waals surface area (Å²) in [4.78, 5) is 24.4. The van der Waals surface area contributed by atoms with E-state index in [0.29, 0.717) is 13.0 Å². The van der Waals surface area contributed by atoms with E-state index in [1.54, 1.807) is 12.4 Å². The SMILES string of the molecule is Cc1ncc(-c2ccncc2)c(CCNC(=O)C(C)C)n1. The van der Waals surface area contributed by atoms with Crippen molar-refractivity contribution in [1.29, 1.82) is 0 Å². The van der Waals surface area contributed by atoms with Gasteiger partial charge in [0, 0.05) is 43.0 Å². The Morgan fingerprint density at radius 3 is 2.67 bits per heavy atom. The number of rotatable bonds is 5. The lowest BCUT2D eigenvalue weighted by atomic mass is 10.1. The number of pyridine rings is 1. The van der Waals surface area contributed by atoms with Crippen molar-refractivity contribution in [3.05, 3.63) is 42.2 Å². The Kier molecular flexibility index (Phi) is 4.98. The van der Waals surface area contributed by atoms with Gasteiger partial charge < -0.3 is 5.32 Å². The first kappa shape index (κ1) is 15.1. The molecule has 0 aliphatic carbocycles. The summed E-state index contributed by atoms with van der Waals surface area (Å²) in [6, 6.07) is 3.87. The number of aryl methyl sites for hydroxylation is 1. The third-order valence-electron chi connectivity index (χ3n) is 3.16. The van der Waals surface area contributed by atoms with Crippen molar-refractivity contribution in [1.82, 2.24) is 20.3 Å². The average Bonchev–Trinajstić information content (AvgIpc) is 2.48. The monoisotopic (exact) mass is 284 g/mol. The molecular formula is C16H20N4O. The largest absolute Gasteiger partial charge is 0.355 e. The number of nitrogens with zero attached hydrogens (tertiary/aromatic N) is 3. The predicted molar refractivity (Wildman–Crippen MR) is 81.6 cm³/mol. The van der Waals surface area contributed by atoms with Crippen LogP contribution in [-0.2, 0) is 11.2 Å². The quantitative estimate of drug-likeness (QED) is 0.913. The molecular weight excluding hydrogens is 264 g/mol. The van der Waals surface area contributed by atoms with E-state index in [-0.39, 0.29) is 11.8 Å². The molecule has 110 valence electrons. The first-order valence-electron chi connectivity index (χ1n) is 7.08. The molecule has 2 aromatic heterocycles. The van der Waals surface area contributed by atoms with Crippen LogP contribution in [0.4, 0.5) is 0 Å². The van der Waals surface area contributed by atoms with Crippen LogP contribution < -0.4 is 5.32 Å². The standard InChI is InChI=1S/C16H20N4O/c1-11(2)16(21)18-9-6-15-14(10-19-12(3)20-15)13-4-7-17-8-5-13/h4-5,7-8,10-11H,6,9H2,1-3H3,(H,18,21). The van der Waals surface area contributed by atoms with Crippen LogP contribution in [0.3, 0.4) is 0 Å². The molecule has 1 N–H and O–H groups in total. The van der Waals surface area contributed by atoms with Gasteiger partial charge in [0.2, 0.25) is 5.91 Å². The molecule has 0 saturated carbocycles. The summed E-state index contributed by atoms with van der Waals surface area (Å²) in [5.74, 6) is 0.793. The Labute approximate surface area is 124 Å². The zero-order valence-electron chi connectivity index (χ0n) is 12.6. The number of aromatic nitrogens is 3. The predicted octanol–water partition coefficient (Wildman–Crippen LogP) is 2.16. The number of carbonyl (C=O) groups is 1.